The lowest BCUT2D eigenvalue weighted by Gasteiger charge is -2.17. The highest BCUT2D eigenvalue weighted by Gasteiger charge is 2.50. The van der Waals surface area contributed by atoms with Crippen LogP contribution < -0.4 is 5.73 Å². The molecule has 0 spiro atoms. The summed E-state index contributed by atoms with van der Waals surface area (Å²) < 4.78 is 0. The predicted molar refractivity (Wildman–Crippen MR) is 49.9 cm³/mol. The van der Waals surface area contributed by atoms with E-state index in [1.807, 2.05) is 0 Å². The van der Waals surface area contributed by atoms with Crippen molar-refractivity contribution in [1.29, 1.82) is 0 Å². The molecule has 3 aliphatic carbocycles. The molecule has 1 fully saturated rings. The summed E-state index contributed by atoms with van der Waals surface area (Å²) in [4.78, 5) is 11.8. The highest BCUT2D eigenvalue weighted by atomic mass is 16.1. The smallest absolute Gasteiger partial charge is 0.164 e. The van der Waals surface area contributed by atoms with Crippen LogP contribution in [0.15, 0.2) is 23.8 Å². The molecule has 3 aliphatic rings. The van der Waals surface area contributed by atoms with Crippen LogP contribution in [0.1, 0.15) is 6.42 Å². The van der Waals surface area contributed by atoms with E-state index >= 15 is 0 Å². The van der Waals surface area contributed by atoms with Gasteiger partial charge in [0.05, 0.1) is 0 Å². The summed E-state index contributed by atoms with van der Waals surface area (Å²) in [6.07, 6.45) is 7.81. The van der Waals surface area contributed by atoms with Crippen molar-refractivity contribution in [1.82, 2.24) is 0 Å². The standard InChI is InChI=1S/C11H13NO/c12-5-8-4-9-6-1-2-7(3-6)10(9)11(8)13/h1-2,4,6-7,9-10H,3,5,12H2. The number of hydrogen-bond donors (Lipinski definition) is 1. The molecule has 4 unspecified atom stereocenters. The maximum atomic E-state index is 11.8. The Labute approximate surface area is 77.5 Å². The molecule has 68 valence electrons. The molecule has 0 saturated heterocycles. The van der Waals surface area contributed by atoms with Gasteiger partial charge in [0.1, 0.15) is 0 Å². The maximum absolute atomic E-state index is 11.8. The van der Waals surface area contributed by atoms with Gasteiger partial charge in [0.25, 0.3) is 0 Å². The molecule has 4 atom stereocenters. The lowest BCUT2D eigenvalue weighted by Crippen LogP contribution is -2.22. The van der Waals surface area contributed by atoms with Gasteiger partial charge in [-0.1, -0.05) is 18.2 Å². The summed E-state index contributed by atoms with van der Waals surface area (Å²) in [5.74, 6) is 2.21. The summed E-state index contributed by atoms with van der Waals surface area (Å²) >= 11 is 0. The zero-order valence-electron chi connectivity index (χ0n) is 7.44. The van der Waals surface area contributed by atoms with Crippen molar-refractivity contribution < 1.29 is 4.79 Å². The fourth-order valence-electron chi connectivity index (χ4n) is 3.15. The number of nitrogens with two attached hydrogens (primary N) is 1. The van der Waals surface area contributed by atoms with Crippen molar-refractivity contribution in [3.05, 3.63) is 23.8 Å². The Balaban J connectivity index is 2.00. The van der Waals surface area contributed by atoms with E-state index in [1.54, 1.807) is 0 Å². The molecule has 0 aromatic heterocycles. The first-order valence-electron chi connectivity index (χ1n) is 4.94. The third kappa shape index (κ3) is 0.792. The summed E-state index contributed by atoms with van der Waals surface area (Å²) in [7, 11) is 0. The summed E-state index contributed by atoms with van der Waals surface area (Å²) in [5.41, 5.74) is 6.40. The second-order valence-corrected chi connectivity index (χ2v) is 4.31. The largest absolute Gasteiger partial charge is 0.326 e. The molecule has 0 amide bonds. The first kappa shape index (κ1) is 7.51. The van der Waals surface area contributed by atoms with Crippen molar-refractivity contribution in [3.63, 3.8) is 0 Å². The molecule has 0 heterocycles. The molecule has 2 nitrogen and oxygen atoms in total. The van der Waals surface area contributed by atoms with Gasteiger partial charge in [-0.3, -0.25) is 4.79 Å². The monoisotopic (exact) mass is 175 g/mol. The first-order chi connectivity index (χ1) is 6.31. The minimum Gasteiger partial charge on any atom is -0.326 e. The minimum atomic E-state index is 0.258. The van der Waals surface area contributed by atoms with E-state index in [-0.39, 0.29) is 5.92 Å². The quantitative estimate of drug-likeness (QED) is 0.601. The second-order valence-electron chi connectivity index (χ2n) is 4.31. The maximum Gasteiger partial charge on any atom is 0.164 e. The molecule has 2 heteroatoms. The number of rotatable bonds is 1. The van der Waals surface area contributed by atoms with Gasteiger partial charge in [0, 0.05) is 18.0 Å². The van der Waals surface area contributed by atoms with Crippen LogP contribution in [0.5, 0.6) is 0 Å². The molecular formula is C11H13NO. The van der Waals surface area contributed by atoms with Crippen LogP contribution in [0.3, 0.4) is 0 Å². The zero-order valence-corrected chi connectivity index (χ0v) is 7.44. The van der Waals surface area contributed by atoms with Crippen molar-refractivity contribution in [2.75, 3.05) is 6.54 Å². The molecule has 0 aromatic carbocycles. The summed E-state index contributed by atoms with van der Waals surface area (Å²) in [5, 5.41) is 0. The number of carbonyl (C=O) groups excluding carboxylic acids is 1. The van der Waals surface area contributed by atoms with Crippen molar-refractivity contribution >= 4 is 5.78 Å². The third-order valence-corrected chi connectivity index (χ3v) is 3.75. The number of carbonyl (C=O) groups is 1. The molecule has 1 saturated carbocycles. The average Bonchev–Trinajstić information content (AvgIpc) is 2.76. The molecule has 13 heavy (non-hydrogen) atoms. The van der Waals surface area contributed by atoms with Crippen LogP contribution in [-0.2, 0) is 4.79 Å². The second kappa shape index (κ2) is 2.32. The third-order valence-electron chi connectivity index (χ3n) is 3.75. The topological polar surface area (TPSA) is 43.1 Å². The van der Waals surface area contributed by atoms with Crippen LogP contribution in [0, 0.1) is 23.7 Å². The number of ketones is 1. The Morgan fingerprint density at radius 3 is 2.85 bits per heavy atom. The van der Waals surface area contributed by atoms with E-state index in [0.29, 0.717) is 30.1 Å². The Morgan fingerprint density at radius 2 is 2.15 bits per heavy atom. The van der Waals surface area contributed by atoms with Crippen molar-refractivity contribution in [3.8, 4) is 0 Å². The van der Waals surface area contributed by atoms with Gasteiger partial charge >= 0.3 is 0 Å². The predicted octanol–water partition coefficient (Wildman–Crippen LogP) is 0.893. The summed E-state index contributed by atoms with van der Waals surface area (Å²) in [6, 6.07) is 0. The van der Waals surface area contributed by atoms with Crippen molar-refractivity contribution in [2.24, 2.45) is 29.4 Å². The lowest BCUT2D eigenvalue weighted by atomic mass is 9.85. The van der Waals surface area contributed by atoms with Gasteiger partial charge in [0.15, 0.2) is 5.78 Å². The lowest BCUT2D eigenvalue weighted by molar-refractivity contribution is -0.119. The van der Waals surface area contributed by atoms with E-state index in [0.717, 1.165) is 5.57 Å². The highest BCUT2D eigenvalue weighted by molar-refractivity contribution is 6.01. The Hall–Kier alpha value is -0.890. The molecule has 2 N–H and O–H groups in total. The van der Waals surface area contributed by atoms with Crippen LogP contribution >= 0.6 is 0 Å². The fourth-order valence-corrected chi connectivity index (χ4v) is 3.15. The van der Waals surface area contributed by atoms with E-state index in [2.05, 4.69) is 18.2 Å². The van der Waals surface area contributed by atoms with Crippen molar-refractivity contribution in [2.45, 2.75) is 6.42 Å². The number of fused-ring (bicyclic) bond motifs is 5. The summed E-state index contributed by atoms with van der Waals surface area (Å²) in [6.45, 7) is 0.422. The van der Waals surface area contributed by atoms with E-state index < -0.39 is 0 Å². The SMILES string of the molecule is NCC1=CC2C3C=CC(C3)C2C1=O. The van der Waals surface area contributed by atoms with Crippen LogP contribution in [0.4, 0.5) is 0 Å². The average molecular weight is 175 g/mol. The van der Waals surface area contributed by atoms with Crippen LogP contribution in [-0.4, -0.2) is 12.3 Å². The fraction of sp³-hybridized carbons (Fsp3) is 0.545. The van der Waals surface area contributed by atoms with Gasteiger partial charge in [-0.05, 0) is 24.2 Å². The molecule has 2 bridgehead atoms. The van der Waals surface area contributed by atoms with Gasteiger partial charge in [-0.15, -0.1) is 0 Å². The molecule has 3 rings (SSSR count). The zero-order chi connectivity index (χ0) is 9.00. The Kier molecular flexibility index (Phi) is 1.34. The minimum absolute atomic E-state index is 0.258. The van der Waals surface area contributed by atoms with Gasteiger partial charge in [0.2, 0.25) is 0 Å². The molecule has 0 radical (unpaired) electrons. The number of allylic oxidation sites excluding steroid dienone is 3. The Morgan fingerprint density at radius 1 is 1.38 bits per heavy atom. The van der Waals surface area contributed by atoms with E-state index in [1.165, 1.54) is 6.42 Å². The Bertz CT molecular complexity index is 329. The van der Waals surface area contributed by atoms with Gasteiger partial charge in [-0.25, -0.2) is 0 Å². The molecule has 0 aromatic rings. The van der Waals surface area contributed by atoms with E-state index in [4.69, 9.17) is 5.73 Å². The highest BCUT2D eigenvalue weighted by Crippen LogP contribution is 2.52. The number of hydrogen-bond acceptors (Lipinski definition) is 2. The van der Waals surface area contributed by atoms with E-state index in [9.17, 15) is 4.79 Å². The van der Waals surface area contributed by atoms with Gasteiger partial charge < -0.3 is 5.73 Å². The number of Topliss-reactive ketones (excluding diaryl/α,β-unsaturated/α-hetero) is 1. The molecular weight excluding hydrogens is 162 g/mol. The first-order valence-corrected chi connectivity index (χ1v) is 4.94. The van der Waals surface area contributed by atoms with Crippen LogP contribution in [0.2, 0.25) is 0 Å². The van der Waals surface area contributed by atoms with Crippen LogP contribution in [0.25, 0.3) is 0 Å². The molecule has 0 aliphatic heterocycles. The van der Waals surface area contributed by atoms with Gasteiger partial charge in [-0.2, -0.15) is 0 Å². The normalized spacial score (nSPS) is 45.6.